The van der Waals surface area contributed by atoms with Crippen LogP contribution in [0.1, 0.15) is 30.0 Å². The maximum absolute atomic E-state index is 11.6. The first-order chi connectivity index (χ1) is 7.41. The van der Waals surface area contributed by atoms with Crippen molar-refractivity contribution in [2.75, 3.05) is 0 Å². The molecule has 1 heterocycles. The van der Waals surface area contributed by atoms with Crippen LogP contribution in [0.3, 0.4) is 0 Å². The molecule has 1 amide bonds. The van der Waals surface area contributed by atoms with Gasteiger partial charge in [0, 0.05) is 0 Å². The lowest BCUT2D eigenvalue weighted by molar-refractivity contribution is -0.140. The molecule has 2 N–H and O–H groups in total. The van der Waals surface area contributed by atoms with E-state index in [1.54, 1.807) is 26.8 Å². The zero-order valence-corrected chi connectivity index (χ0v) is 9.48. The molecule has 1 aromatic heterocycles. The quantitative estimate of drug-likeness (QED) is 0.812. The molecule has 1 aromatic rings. The van der Waals surface area contributed by atoms with Gasteiger partial charge in [0.25, 0.3) is 5.91 Å². The number of carboxylic acid groups (broad SMARTS) is 1. The number of hydrogen-bond acceptors (Lipinski definition) is 3. The molecule has 0 aliphatic rings. The van der Waals surface area contributed by atoms with Crippen LogP contribution in [0.5, 0.6) is 0 Å². The number of carboxylic acids is 1. The molecule has 1 rings (SSSR count). The minimum atomic E-state index is -1.04. The summed E-state index contributed by atoms with van der Waals surface area (Å²) < 4.78 is 4.98. The van der Waals surface area contributed by atoms with Crippen LogP contribution in [0.4, 0.5) is 0 Å². The van der Waals surface area contributed by atoms with Crippen LogP contribution >= 0.6 is 0 Å². The van der Waals surface area contributed by atoms with Crippen LogP contribution in [0.2, 0.25) is 0 Å². The summed E-state index contributed by atoms with van der Waals surface area (Å²) >= 11 is 0. The summed E-state index contributed by atoms with van der Waals surface area (Å²) in [5, 5.41) is 11.4. The monoisotopic (exact) mass is 225 g/mol. The Hall–Kier alpha value is -1.78. The lowest BCUT2D eigenvalue weighted by atomic mass is 10.0. The number of rotatable bonds is 4. The van der Waals surface area contributed by atoms with Crippen molar-refractivity contribution < 1.29 is 19.1 Å². The first-order valence-corrected chi connectivity index (χ1v) is 5.00. The summed E-state index contributed by atoms with van der Waals surface area (Å²) in [7, 11) is 0. The summed E-state index contributed by atoms with van der Waals surface area (Å²) in [5.41, 5.74) is 0.337. The highest BCUT2D eigenvalue weighted by Gasteiger charge is 2.24. The van der Waals surface area contributed by atoms with E-state index in [0.717, 1.165) is 0 Å². The number of carbonyl (C=O) groups is 2. The van der Waals surface area contributed by atoms with Gasteiger partial charge in [-0.25, -0.2) is 4.79 Å². The van der Waals surface area contributed by atoms with Gasteiger partial charge in [-0.2, -0.15) is 0 Å². The van der Waals surface area contributed by atoms with Gasteiger partial charge in [0.15, 0.2) is 0 Å². The third kappa shape index (κ3) is 2.85. The molecule has 16 heavy (non-hydrogen) atoms. The smallest absolute Gasteiger partial charge is 0.326 e. The molecule has 0 spiro atoms. The van der Waals surface area contributed by atoms with Crippen LogP contribution in [-0.2, 0) is 4.79 Å². The van der Waals surface area contributed by atoms with Crippen molar-refractivity contribution in [3.8, 4) is 0 Å². The SMILES string of the molecule is Cc1cc(C(=O)N[C@@H](C(=O)O)C(C)C)co1. The van der Waals surface area contributed by atoms with E-state index >= 15 is 0 Å². The van der Waals surface area contributed by atoms with E-state index in [9.17, 15) is 9.59 Å². The van der Waals surface area contributed by atoms with Gasteiger partial charge in [-0.15, -0.1) is 0 Å². The minimum Gasteiger partial charge on any atom is -0.480 e. The number of furan rings is 1. The molecular formula is C11H15NO4. The van der Waals surface area contributed by atoms with Crippen molar-refractivity contribution in [3.63, 3.8) is 0 Å². The third-order valence-electron chi connectivity index (χ3n) is 2.21. The van der Waals surface area contributed by atoms with E-state index in [2.05, 4.69) is 5.32 Å². The molecule has 0 fully saturated rings. The van der Waals surface area contributed by atoms with Gasteiger partial charge in [-0.05, 0) is 18.9 Å². The normalized spacial score (nSPS) is 12.5. The summed E-state index contributed by atoms with van der Waals surface area (Å²) in [6, 6.07) is 0.678. The Morgan fingerprint density at radius 1 is 1.44 bits per heavy atom. The lowest BCUT2D eigenvalue weighted by Crippen LogP contribution is -2.44. The van der Waals surface area contributed by atoms with Crippen LogP contribution in [0.25, 0.3) is 0 Å². The fourth-order valence-corrected chi connectivity index (χ4v) is 1.30. The molecule has 5 nitrogen and oxygen atoms in total. The molecule has 0 bridgehead atoms. The number of nitrogens with one attached hydrogen (secondary N) is 1. The highest BCUT2D eigenvalue weighted by atomic mass is 16.4. The first-order valence-electron chi connectivity index (χ1n) is 5.00. The standard InChI is InChI=1S/C11H15NO4/c1-6(2)9(11(14)15)12-10(13)8-4-7(3)16-5-8/h4-6,9H,1-3H3,(H,12,13)(H,14,15)/t9-/m1/s1. The van der Waals surface area contributed by atoms with Crippen molar-refractivity contribution >= 4 is 11.9 Å². The number of aliphatic carboxylic acids is 1. The molecule has 0 aromatic carbocycles. The molecule has 0 unspecified atom stereocenters. The summed E-state index contributed by atoms with van der Waals surface area (Å²) in [6.45, 7) is 5.19. The van der Waals surface area contributed by atoms with E-state index in [1.165, 1.54) is 6.26 Å². The van der Waals surface area contributed by atoms with Gasteiger partial charge in [0.2, 0.25) is 0 Å². The molecule has 88 valence electrons. The lowest BCUT2D eigenvalue weighted by Gasteiger charge is -2.17. The van der Waals surface area contributed by atoms with Crippen molar-refractivity contribution in [3.05, 3.63) is 23.7 Å². The predicted octanol–water partition coefficient (Wildman–Crippen LogP) is 1.43. The van der Waals surface area contributed by atoms with E-state index in [-0.39, 0.29) is 5.92 Å². The van der Waals surface area contributed by atoms with Crippen LogP contribution in [0, 0.1) is 12.8 Å². The Kier molecular flexibility index (Phi) is 3.71. The molecule has 0 saturated carbocycles. The predicted molar refractivity (Wildman–Crippen MR) is 57.2 cm³/mol. The minimum absolute atomic E-state index is 0.172. The third-order valence-corrected chi connectivity index (χ3v) is 2.21. The molecule has 0 aliphatic carbocycles. The average molecular weight is 225 g/mol. The highest BCUT2D eigenvalue weighted by Crippen LogP contribution is 2.08. The van der Waals surface area contributed by atoms with Gasteiger partial charge >= 0.3 is 5.97 Å². The number of amides is 1. The van der Waals surface area contributed by atoms with Crippen molar-refractivity contribution in [2.45, 2.75) is 26.8 Å². The van der Waals surface area contributed by atoms with Crippen molar-refractivity contribution in [1.29, 1.82) is 0 Å². The number of hydrogen-bond donors (Lipinski definition) is 2. The zero-order chi connectivity index (χ0) is 12.3. The maximum atomic E-state index is 11.6. The maximum Gasteiger partial charge on any atom is 0.326 e. The fourth-order valence-electron chi connectivity index (χ4n) is 1.30. The van der Waals surface area contributed by atoms with Crippen LogP contribution in [0.15, 0.2) is 16.7 Å². The molecule has 0 saturated heterocycles. The van der Waals surface area contributed by atoms with Gasteiger partial charge in [0.05, 0.1) is 5.56 Å². The Morgan fingerprint density at radius 2 is 2.06 bits per heavy atom. The summed E-state index contributed by atoms with van der Waals surface area (Å²) in [4.78, 5) is 22.5. The molecular weight excluding hydrogens is 210 g/mol. The second-order valence-corrected chi connectivity index (χ2v) is 3.98. The van der Waals surface area contributed by atoms with Gasteiger partial charge in [0.1, 0.15) is 18.1 Å². The van der Waals surface area contributed by atoms with Crippen molar-refractivity contribution in [2.24, 2.45) is 5.92 Å². The van der Waals surface area contributed by atoms with Gasteiger partial charge < -0.3 is 14.8 Å². The Labute approximate surface area is 93.4 Å². The molecule has 0 aliphatic heterocycles. The number of carbonyl (C=O) groups excluding carboxylic acids is 1. The second-order valence-electron chi connectivity index (χ2n) is 3.98. The van der Waals surface area contributed by atoms with E-state index < -0.39 is 17.9 Å². The molecule has 1 atom stereocenters. The highest BCUT2D eigenvalue weighted by molar-refractivity contribution is 5.96. The Morgan fingerprint density at radius 3 is 2.44 bits per heavy atom. The molecule has 0 radical (unpaired) electrons. The topological polar surface area (TPSA) is 79.5 Å². The largest absolute Gasteiger partial charge is 0.480 e. The van der Waals surface area contributed by atoms with Crippen LogP contribution in [-0.4, -0.2) is 23.0 Å². The summed E-state index contributed by atoms with van der Waals surface area (Å²) in [5.74, 6) is -1.03. The fraction of sp³-hybridized carbons (Fsp3) is 0.455. The van der Waals surface area contributed by atoms with Gasteiger partial charge in [-0.3, -0.25) is 4.79 Å². The number of aryl methyl sites for hydroxylation is 1. The molecule has 5 heteroatoms. The van der Waals surface area contributed by atoms with E-state index in [4.69, 9.17) is 9.52 Å². The average Bonchev–Trinajstić information content (AvgIpc) is 2.59. The van der Waals surface area contributed by atoms with E-state index in [1.807, 2.05) is 0 Å². The Balaban J connectivity index is 2.73. The van der Waals surface area contributed by atoms with E-state index in [0.29, 0.717) is 11.3 Å². The Bertz CT molecular complexity index is 394. The second kappa shape index (κ2) is 4.83. The van der Waals surface area contributed by atoms with Gasteiger partial charge in [-0.1, -0.05) is 13.8 Å². The van der Waals surface area contributed by atoms with Crippen LogP contribution < -0.4 is 5.32 Å². The van der Waals surface area contributed by atoms with Crippen molar-refractivity contribution in [1.82, 2.24) is 5.32 Å². The summed E-state index contributed by atoms with van der Waals surface area (Å²) in [6.07, 6.45) is 1.31. The zero-order valence-electron chi connectivity index (χ0n) is 9.48. The first kappa shape index (κ1) is 12.3.